The third kappa shape index (κ3) is 4.71. The van der Waals surface area contributed by atoms with Crippen molar-refractivity contribution in [3.63, 3.8) is 0 Å². The van der Waals surface area contributed by atoms with E-state index in [1.165, 1.54) is 0 Å². The highest BCUT2D eigenvalue weighted by atomic mass is 16.5. The molecule has 1 fully saturated rings. The number of benzene rings is 1. The molecule has 1 aliphatic rings. The van der Waals surface area contributed by atoms with Gasteiger partial charge in [0.25, 0.3) is 0 Å². The van der Waals surface area contributed by atoms with Crippen molar-refractivity contribution in [3.8, 4) is 5.75 Å². The fourth-order valence-electron chi connectivity index (χ4n) is 2.89. The van der Waals surface area contributed by atoms with Gasteiger partial charge in [0.05, 0.1) is 13.0 Å². The van der Waals surface area contributed by atoms with Crippen molar-refractivity contribution < 1.29 is 14.6 Å². The van der Waals surface area contributed by atoms with Crippen molar-refractivity contribution in [2.45, 2.75) is 38.3 Å². The number of hydrogen-bond donors (Lipinski definition) is 2. The van der Waals surface area contributed by atoms with Crippen molar-refractivity contribution >= 4 is 5.91 Å². The molecule has 122 valence electrons. The van der Waals surface area contributed by atoms with Crippen LogP contribution in [0.15, 0.2) is 24.3 Å². The van der Waals surface area contributed by atoms with Crippen LogP contribution < -0.4 is 5.32 Å². The molecule has 1 saturated heterocycles. The van der Waals surface area contributed by atoms with Crippen LogP contribution in [-0.2, 0) is 9.53 Å². The number of phenolic OH excluding ortho intramolecular Hbond substituents is 1. The van der Waals surface area contributed by atoms with E-state index in [0.717, 1.165) is 31.5 Å². The van der Waals surface area contributed by atoms with Gasteiger partial charge in [0, 0.05) is 32.3 Å². The summed E-state index contributed by atoms with van der Waals surface area (Å²) in [5.41, 5.74) is 1.08. The lowest BCUT2D eigenvalue weighted by molar-refractivity contribution is -0.133. The molecule has 0 bridgehead atoms. The predicted molar refractivity (Wildman–Crippen MR) is 85.8 cm³/mol. The number of aromatic hydroxyl groups is 1. The number of phenols is 1. The topological polar surface area (TPSA) is 61.8 Å². The smallest absolute Gasteiger partial charge is 0.224 e. The van der Waals surface area contributed by atoms with E-state index in [1.54, 1.807) is 19.2 Å². The van der Waals surface area contributed by atoms with Crippen LogP contribution in [0.3, 0.4) is 0 Å². The Morgan fingerprint density at radius 3 is 2.82 bits per heavy atom. The van der Waals surface area contributed by atoms with Gasteiger partial charge in [-0.15, -0.1) is 0 Å². The Bertz CT molecular complexity index is 485. The van der Waals surface area contributed by atoms with Gasteiger partial charge in [-0.05, 0) is 37.5 Å². The molecule has 1 atom stereocenters. The second-order valence-corrected chi connectivity index (χ2v) is 5.88. The molecule has 22 heavy (non-hydrogen) atoms. The SMILES string of the molecule is COCCC(=O)N1CCC(NC(C)c2cccc(O)c2)CC1. The monoisotopic (exact) mass is 306 g/mol. The molecule has 0 spiro atoms. The van der Waals surface area contributed by atoms with Crippen molar-refractivity contribution in [2.75, 3.05) is 26.8 Å². The van der Waals surface area contributed by atoms with Crippen LogP contribution in [-0.4, -0.2) is 48.8 Å². The van der Waals surface area contributed by atoms with E-state index in [9.17, 15) is 9.90 Å². The molecule has 1 aliphatic heterocycles. The first-order valence-electron chi connectivity index (χ1n) is 7.92. The number of carbonyl (C=O) groups is 1. The molecular formula is C17H26N2O3. The lowest BCUT2D eigenvalue weighted by atomic mass is 10.0. The molecule has 1 aromatic carbocycles. The molecule has 5 heteroatoms. The average molecular weight is 306 g/mol. The van der Waals surface area contributed by atoms with Crippen LogP contribution in [0.2, 0.25) is 0 Å². The van der Waals surface area contributed by atoms with Crippen LogP contribution in [0.4, 0.5) is 0 Å². The minimum Gasteiger partial charge on any atom is -0.508 e. The Kier molecular flexibility index (Phi) is 6.21. The third-order valence-electron chi connectivity index (χ3n) is 4.22. The summed E-state index contributed by atoms with van der Waals surface area (Å²) in [6.45, 7) is 4.19. The van der Waals surface area contributed by atoms with Gasteiger partial charge in [0.1, 0.15) is 5.75 Å². The van der Waals surface area contributed by atoms with E-state index in [4.69, 9.17) is 4.74 Å². The molecule has 0 aliphatic carbocycles. The first kappa shape index (κ1) is 16.8. The number of hydrogen-bond acceptors (Lipinski definition) is 4. The molecule has 5 nitrogen and oxygen atoms in total. The normalized spacial score (nSPS) is 17.5. The number of ether oxygens (including phenoxy) is 1. The fourth-order valence-corrected chi connectivity index (χ4v) is 2.89. The first-order valence-corrected chi connectivity index (χ1v) is 7.92. The minimum absolute atomic E-state index is 0.182. The molecule has 2 N–H and O–H groups in total. The summed E-state index contributed by atoms with van der Waals surface area (Å²) < 4.78 is 4.96. The number of methoxy groups -OCH3 is 1. The van der Waals surface area contributed by atoms with Gasteiger partial charge in [0.15, 0.2) is 0 Å². The summed E-state index contributed by atoms with van der Waals surface area (Å²) >= 11 is 0. The van der Waals surface area contributed by atoms with Crippen LogP contribution >= 0.6 is 0 Å². The number of piperidine rings is 1. The summed E-state index contributed by atoms with van der Waals surface area (Å²) in [4.78, 5) is 13.9. The maximum Gasteiger partial charge on any atom is 0.224 e. The molecule has 2 rings (SSSR count). The van der Waals surface area contributed by atoms with Crippen molar-refractivity contribution in [1.29, 1.82) is 0 Å². The average Bonchev–Trinajstić information content (AvgIpc) is 2.53. The number of nitrogens with zero attached hydrogens (tertiary/aromatic N) is 1. The summed E-state index contributed by atoms with van der Waals surface area (Å²) in [5, 5.41) is 13.1. The fraction of sp³-hybridized carbons (Fsp3) is 0.588. The molecular weight excluding hydrogens is 280 g/mol. The maximum atomic E-state index is 11.9. The zero-order valence-corrected chi connectivity index (χ0v) is 13.4. The Hall–Kier alpha value is -1.59. The Balaban J connectivity index is 1.78. The van der Waals surface area contributed by atoms with Crippen LogP contribution in [0.5, 0.6) is 5.75 Å². The molecule has 1 aromatic rings. The second-order valence-electron chi connectivity index (χ2n) is 5.88. The summed E-state index contributed by atoms with van der Waals surface area (Å²) in [5.74, 6) is 0.478. The number of rotatable bonds is 6. The van der Waals surface area contributed by atoms with E-state index >= 15 is 0 Å². The molecule has 1 heterocycles. The standard InChI is InChI=1S/C17H26N2O3/c1-13(14-4-3-5-16(20)12-14)18-15-6-9-19(10-7-15)17(21)8-11-22-2/h3-5,12-13,15,18,20H,6-11H2,1-2H3. The van der Waals surface area contributed by atoms with E-state index in [1.807, 2.05) is 17.0 Å². The van der Waals surface area contributed by atoms with Crippen molar-refractivity contribution in [2.24, 2.45) is 0 Å². The highest BCUT2D eigenvalue weighted by Crippen LogP contribution is 2.20. The quantitative estimate of drug-likeness (QED) is 0.844. The van der Waals surface area contributed by atoms with Crippen molar-refractivity contribution in [3.05, 3.63) is 29.8 Å². The molecule has 1 unspecified atom stereocenters. The van der Waals surface area contributed by atoms with Gasteiger partial charge in [-0.25, -0.2) is 0 Å². The Morgan fingerprint density at radius 1 is 1.45 bits per heavy atom. The first-order chi connectivity index (χ1) is 10.6. The lowest BCUT2D eigenvalue weighted by Gasteiger charge is -2.34. The Labute approximate surface area is 132 Å². The van der Waals surface area contributed by atoms with E-state index < -0.39 is 0 Å². The van der Waals surface area contributed by atoms with Gasteiger partial charge in [0.2, 0.25) is 5.91 Å². The number of nitrogens with one attached hydrogen (secondary N) is 1. The highest BCUT2D eigenvalue weighted by molar-refractivity contribution is 5.76. The van der Waals surface area contributed by atoms with Gasteiger partial charge in [-0.2, -0.15) is 0 Å². The Morgan fingerprint density at radius 2 is 2.18 bits per heavy atom. The van der Waals surface area contributed by atoms with E-state index in [0.29, 0.717) is 24.8 Å². The number of amides is 1. The van der Waals surface area contributed by atoms with Gasteiger partial charge >= 0.3 is 0 Å². The number of carbonyl (C=O) groups excluding carboxylic acids is 1. The van der Waals surface area contributed by atoms with E-state index in [-0.39, 0.29) is 11.9 Å². The van der Waals surface area contributed by atoms with Crippen molar-refractivity contribution in [1.82, 2.24) is 10.2 Å². The highest BCUT2D eigenvalue weighted by Gasteiger charge is 2.23. The lowest BCUT2D eigenvalue weighted by Crippen LogP contribution is -2.45. The van der Waals surface area contributed by atoms with Gasteiger partial charge in [-0.3, -0.25) is 4.79 Å². The van der Waals surface area contributed by atoms with Crippen LogP contribution in [0, 0.1) is 0 Å². The van der Waals surface area contributed by atoms with E-state index in [2.05, 4.69) is 12.2 Å². The summed E-state index contributed by atoms with van der Waals surface area (Å²) in [7, 11) is 1.62. The van der Waals surface area contributed by atoms with Gasteiger partial charge in [-0.1, -0.05) is 12.1 Å². The molecule has 0 aromatic heterocycles. The second kappa shape index (κ2) is 8.15. The molecule has 1 amide bonds. The molecule has 0 saturated carbocycles. The van der Waals surface area contributed by atoms with Gasteiger partial charge < -0.3 is 20.1 Å². The largest absolute Gasteiger partial charge is 0.508 e. The minimum atomic E-state index is 0.182. The number of likely N-dealkylation sites (tertiary alicyclic amines) is 1. The summed E-state index contributed by atoms with van der Waals surface area (Å²) in [6.07, 6.45) is 2.39. The van der Waals surface area contributed by atoms with Crippen LogP contribution in [0.25, 0.3) is 0 Å². The van der Waals surface area contributed by atoms with Crippen LogP contribution in [0.1, 0.15) is 37.8 Å². The zero-order valence-electron chi connectivity index (χ0n) is 13.4. The maximum absolute atomic E-state index is 11.9. The predicted octanol–water partition coefficient (Wildman–Crippen LogP) is 2.07. The molecule has 0 radical (unpaired) electrons. The third-order valence-corrected chi connectivity index (χ3v) is 4.22. The summed E-state index contributed by atoms with van der Waals surface area (Å²) in [6, 6.07) is 7.94. The zero-order chi connectivity index (χ0) is 15.9.